The Morgan fingerprint density at radius 2 is 1.72 bits per heavy atom. The van der Waals surface area contributed by atoms with Crippen molar-refractivity contribution >= 4 is 69.5 Å². The van der Waals surface area contributed by atoms with Crippen LogP contribution in [0.15, 0.2) is 61.2 Å². The molecule has 4 aliphatic heterocycles. The van der Waals surface area contributed by atoms with E-state index in [0.717, 1.165) is 96.5 Å². The first-order chi connectivity index (χ1) is 37.1. The highest BCUT2D eigenvalue weighted by Gasteiger charge is 2.49. The van der Waals surface area contributed by atoms with Gasteiger partial charge in [0.25, 0.3) is 5.91 Å². The van der Waals surface area contributed by atoms with E-state index in [9.17, 15) is 43.0 Å². The molecule has 78 heavy (non-hydrogen) atoms. The molecule has 0 saturated carbocycles. The number of nitrogens with two attached hydrogens (primary N) is 1. The number of imidazole rings is 1. The highest BCUT2D eigenvalue weighted by molar-refractivity contribution is 7.70. The van der Waals surface area contributed by atoms with Gasteiger partial charge in [0.15, 0.2) is 23.8 Å². The lowest BCUT2D eigenvalue weighted by Gasteiger charge is -2.33. The number of rotatable bonds is 20. The van der Waals surface area contributed by atoms with E-state index in [1.165, 1.54) is 33.1 Å². The molecule has 27 nitrogen and oxygen atoms in total. The van der Waals surface area contributed by atoms with Crippen molar-refractivity contribution < 1.29 is 75.8 Å². The molecule has 10 N–H and O–H groups in total. The molecule has 1 saturated heterocycles. The van der Waals surface area contributed by atoms with Crippen LogP contribution < -0.4 is 46.0 Å². The summed E-state index contributed by atoms with van der Waals surface area (Å²) < 4.78 is 66.1. The molecule has 1 fully saturated rings. The number of nitrogens with zero attached hydrogens (tertiary/aromatic N) is 7. The summed E-state index contributed by atoms with van der Waals surface area (Å²) in [5, 5.41) is 18.5. The maximum atomic E-state index is 14.5. The maximum Gasteiger partial charge on any atom is 0.480 e. The molecule has 5 aromatic rings. The van der Waals surface area contributed by atoms with Crippen molar-refractivity contribution in [2.24, 2.45) is 0 Å². The molecule has 2 unspecified atom stereocenters. The average molecular weight is 1140 g/mol. The summed E-state index contributed by atoms with van der Waals surface area (Å²) in [6.45, 7) is 7.00. The summed E-state index contributed by atoms with van der Waals surface area (Å²) >= 11 is 0. The lowest BCUT2D eigenvalue weighted by atomic mass is 9.86. The summed E-state index contributed by atoms with van der Waals surface area (Å²) in [7, 11) is -14.9. The van der Waals surface area contributed by atoms with Crippen LogP contribution >= 0.6 is 23.3 Å². The van der Waals surface area contributed by atoms with Gasteiger partial charge in [-0.1, -0.05) is 18.2 Å². The van der Waals surface area contributed by atoms with Gasteiger partial charge >= 0.3 is 29.4 Å². The van der Waals surface area contributed by atoms with Crippen molar-refractivity contribution in [2.45, 2.75) is 76.9 Å². The van der Waals surface area contributed by atoms with Crippen LogP contribution in [0.5, 0.6) is 11.5 Å². The van der Waals surface area contributed by atoms with E-state index in [0.29, 0.717) is 12.0 Å². The van der Waals surface area contributed by atoms with Gasteiger partial charge in [0, 0.05) is 91.8 Å². The quantitative estimate of drug-likeness (QED) is 0.0299. The van der Waals surface area contributed by atoms with E-state index in [2.05, 4.69) is 77.5 Å². The van der Waals surface area contributed by atoms with Crippen molar-refractivity contribution in [3.63, 3.8) is 0 Å². The molecule has 30 heteroatoms. The van der Waals surface area contributed by atoms with Gasteiger partial charge in [-0.05, 0) is 68.9 Å². The summed E-state index contributed by atoms with van der Waals surface area (Å²) in [6.07, 6.45) is -1.05. The number of amides is 3. The van der Waals surface area contributed by atoms with E-state index >= 15 is 0 Å². The number of carbonyl (C=O) groups is 3. The van der Waals surface area contributed by atoms with E-state index in [1.807, 2.05) is 24.3 Å². The third-order valence-electron chi connectivity index (χ3n) is 13.8. The Balaban J connectivity index is 0.821. The second-order valence-corrected chi connectivity index (χ2v) is 23.7. The molecule has 2 aromatic heterocycles. The molecule has 9 rings (SSSR count). The number of aliphatic hydroxyl groups is 1. The van der Waals surface area contributed by atoms with Crippen LogP contribution in [0.25, 0.3) is 16.7 Å². The first-order valence-electron chi connectivity index (χ1n) is 25.2. The Labute approximate surface area is 446 Å². The number of hydrogen-bond acceptors (Lipinski definition) is 17. The van der Waals surface area contributed by atoms with Crippen LogP contribution in [0.4, 0.5) is 16.3 Å². The van der Waals surface area contributed by atoms with Crippen LogP contribution in [0.1, 0.15) is 78.4 Å². The molecule has 4 aliphatic rings. The van der Waals surface area contributed by atoms with Gasteiger partial charge in [0.05, 0.1) is 19.0 Å². The molecule has 0 radical (unpaired) electrons. The molecule has 0 spiro atoms. The van der Waals surface area contributed by atoms with Crippen LogP contribution in [0.3, 0.4) is 0 Å². The van der Waals surface area contributed by atoms with Crippen LogP contribution in [-0.2, 0) is 49.6 Å². The first kappa shape index (κ1) is 56.5. The van der Waals surface area contributed by atoms with Gasteiger partial charge in [0.1, 0.15) is 48.6 Å². The summed E-state index contributed by atoms with van der Waals surface area (Å²) in [4.78, 5) is 95.2. The highest BCUT2D eigenvalue weighted by atomic mass is 31.3. The van der Waals surface area contributed by atoms with E-state index in [-0.39, 0.29) is 54.9 Å². The number of hydrogen-bond donors (Lipinski definition) is 9. The van der Waals surface area contributed by atoms with Crippen LogP contribution in [-0.4, -0.2) is 145 Å². The number of aliphatic hydroxyl groups excluding tert-OH is 1. The Morgan fingerprint density at radius 1 is 0.949 bits per heavy atom. The predicted octanol–water partition coefficient (Wildman–Crippen LogP) is 1.93. The maximum absolute atomic E-state index is 14.5. The lowest BCUT2D eigenvalue weighted by molar-refractivity contribution is -0.121. The minimum Gasteiger partial charge on any atom is -0.456 e. The normalized spacial score (nSPS) is 20.3. The number of anilines is 2. The fourth-order valence-electron chi connectivity index (χ4n) is 10.2. The van der Waals surface area contributed by atoms with Gasteiger partial charge in [-0.2, -0.15) is 4.31 Å². The van der Waals surface area contributed by atoms with Gasteiger partial charge in [-0.25, -0.2) is 38.0 Å². The van der Waals surface area contributed by atoms with E-state index < -0.39 is 60.6 Å². The zero-order valence-electron chi connectivity index (χ0n) is 42.8. The number of aryl methyl sites for hydroxylation is 2. The SMILES string of the molecule is CCN1CCCc2cc3c(cc21)Oc1cc2c(cc1=C3c1ccccc1C(=O)N(C)CCCC(=O)NCCNC(=O)O[C@@H]1[C@H](O)[C@@H](COP(=O)(O)OP(=O)(O)NP(=O)(O)O)O[C@H]1n1cnc3c(N)ncnc31)CCC[N+]=2CC. The predicted molar refractivity (Wildman–Crippen MR) is 280 cm³/mol. The van der Waals surface area contributed by atoms with E-state index in [1.54, 1.807) is 11.9 Å². The number of phosphoric ester groups is 1. The molecule has 0 bridgehead atoms. The molecular weight excluding hydrogens is 1080 g/mol. The van der Waals surface area contributed by atoms with Gasteiger partial charge in [-0.15, -0.1) is 4.86 Å². The molecule has 3 amide bonds. The highest BCUT2D eigenvalue weighted by Crippen LogP contribution is 2.61. The topological polar surface area (TPSA) is 365 Å². The Morgan fingerprint density at radius 3 is 2.49 bits per heavy atom. The van der Waals surface area contributed by atoms with E-state index in [4.69, 9.17) is 34.3 Å². The fraction of sp³-hybridized carbons (Fsp3) is 0.438. The van der Waals surface area contributed by atoms with Crippen molar-refractivity contribution in [3.05, 3.63) is 99.6 Å². The molecule has 6 atom stereocenters. The second kappa shape index (κ2) is 23.3. The molecule has 418 valence electrons. The second-order valence-electron chi connectivity index (χ2n) is 19.0. The van der Waals surface area contributed by atoms with Gasteiger partial charge in [0.2, 0.25) is 11.3 Å². The number of nitrogen functional groups attached to an aromatic ring is 1. The monoisotopic (exact) mass is 1140 g/mol. The zero-order chi connectivity index (χ0) is 55.7. The van der Waals surface area contributed by atoms with Crippen molar-refractivity contribution in [3.8, 4) is 11.5 Å². The van der Waals surface area contributed by atoms with Crippen LogP contribution in [0.2, 0.25) is 0 Å². The number of phosphoric acid groups is 1. The standard InChI is InChI=1S/C48H60N11O16P3/c1-4-57-19-8-11-28-21-32-36(23-34(28)57)72-37-24-35-29(12-9-20-58(35)5-2)22-33(37)40(32)30-13-6-7-14-31(30)46(62)56(3)18-10-15-39(60)50-16-17-51-48(63)74-43-42(61)38(25-71-78(69,70)75-77(67,68)55-76(64,65)66)73-47(43)59-27-54-41-44(49)52-26-53-45(41)59/h6-7,13-14,21-24,26-27,38,42-43,47,61H,4-5,8-12,15-20,25H2,1-3H3,(H8-,49,50,51,52,53,55,60,63,64,65,66,67,68,69,70)/p+1/t38-,42-,43-,47-/m1/s1. The Kier molecular flexibility index (Phi) is 16.9. The summed E-state index contributed by atoms with van der Waals surface area (Å²) in [5.41, 5.74) is 12.9. The summed E-state index contributed by atoms with van der Waals surface area (Å²) in [5.74, 6) is 0.888. The average Bonchev–Trinajstić information content (AvgIpc) is 4.11. The zero-order valence-corrected chi connectivity index (χ0v) is 45.4. The van der Waals surface area contributed by atoms with Gasteiger partial charge < -0.3 is 65.1 Å². The number of aromatic nitrogens is 4. The number of carbonyl (C=O) groups excluding carboxylic acids is 3. The number of fused-ring (bicyclic) bond motifs is 5. The minimum absolute atomic E-state index is 0.0298. The largest absolute Gasteiger partial charge is 0.480 e. The van der Waals surface area contributed by atoms with Crippen molar-refractivity contribution in [1.82, 2.24) is 44.5 Å². The number of ether oxygens (including phenoxy) is 3. The number of alkyl carbamates (subject to hydrolysis) is 1. The number of benzene rings is 3. The molecule has 3 aromatic carbocycles. The molecular formula is C48H61N11O16P3+. The molecule has 6 heterocycles. The lowest BCUT2D eigenvalue weighted by Crippen LogP contribution is -2.41. The van der Waals surface area contributed by atoms with Crippen molar-refractivity contribution in [1.29, 1.82) is 0 Å². The summed E-state index contributed by atoms with van der Waals surface area (Å²) in [6, 6.07) is 16.4. The Hall–Kier alpha value is -6.18. The third kappa shape index (κ3) is 12.5. The smallest absolute Gasteiger partial charge is 0.456 e. The third-order valence-corrected chi connectivity index (χ3v) is 18.0. The number of nitrogens with one attached hydrogen (secondary N) is 3. The Bertz CT molecular complexity index is 3430. The molecule has 0 aliphatic carbocycles. The minimum atomic E-state index is -5.62. The van der Waals surface area contributed by atoms with Crippen molar-refractivity contribution in [2.75, 3.05) is 70.1 Å². The van der Waals surface area contributed by atoms with Gasteiger partial charge in [-0.3, -0.25) is 18.7 Å². The fourth-order valence-corrected chi connectivity index (χ4v) is 13.7. The first-order valence-corrected chi connectivity index (χ1v) is 29.9. The van der Waals surface area contributed by atoms with Crippen LogP contribution in [0, 0.1) is 0 Å².